The van der Waals surface area contributed by atoms with Gasteiger partial charge in [-0.2, -0.15) is 0 Å². The van der Waals surface area contributed by atoms with Crippen LogP contribution in [0.5, 0.6) is 0 Å². The molecule has 0 aliphatic rings. The van der Waals surface area contributed by atoms with E-state index in [0.717, 1.165) is 12.8 Å². The molecule has 0 aliphatic carbocycles. The summed E-state index contributed by atoms with van der Waals surface area (Å²) in [6.45, 7) is 9.53. The van der Waals surface area contributed by atoms with Crippen molar-refractivity contribution >= 4 is 11.8 Å². The van der Waals surface area contributed by atoms with Crippen LogP contribution < -0.4 is 0 Å². The molecule has 0 radical (unpaired) electrons. The van der Waals surface area contributed by atoms with Crippen molar-refractivity contribution in [1.29, 1.82) is 0 Å². The van der Waals surface area contributed by atoms with Crippen LogP contribution in [-0.2, 0) is 9.59 Å². The summed E-state index contributed by atoms with van der Waals surface area (Å²) >= 11 is 0. The van der Waals surface area contributed by atoms with E-state index in [-0.39, 0.29) is 17.9 Å². The van der Waals surface area contributed by atoms with Crippen molar-refractivity contribution in [1.82, 2.24) is 9.80 Å². The summed E-state index contributed by atoms with van der Waals surface area (Å²) in [7, 11) is 3.49. The predicted octanol–water partition coefficient (Wildman–Crippen LogP) is 1.44. The Bertz CT molecular complexity index is 300. The van der Waals surface area contributed by atoms with E-state index >= 15 is 0 Å². The summed E-state index contributed by atoms with van der Waals surface area (Å²) in [5, 5.41) is 0. The Kier molecular flexibility index (Phi) is 6.94. The third-order valence-electron chi connectivity index (χ3n) is 2.89. The van der Waals surface area contributed by atoms with Crippen LogP contribution in [0.3, 0.4) is 0 Å². The maximum atomic E-state index is 11.5. The molecule has 1 atom stereocenters. The molecule has 0 aliphatic heterocycles. The summed E-state index contributed by atoms with van der Waals surface area (Å²) in [5.74, 6) is -0.188. The Labute approximate surface area is 104 Å². The van der Waals surface area contributed by atoms with E-state index < -0.39 is 0 Å². The molecule has 0 aromatic heterocycles. The first-order valence-electron chi connectivity index (χ1n) is 5.74. The molecule has 0 spiro atoms. The van der Waals surface area contributed by atoms with Gasteiger partial charge in [-0.15, -0.1) is 0 Å². The smallest absolute Gasteiger partial charge is 0.245 e. The molecule has 96 valence electrons. The first-order valence-corrected chi connectivity index (χ1v) is 5.74. The highest BCUT2D eigenvalue weighted by Crippen LogP contribution is 2.08. The average Bonchev–Trinajstić information content (AvgIpc) is 2.36. The molecule has 1 unspecified atom stereocenters. The highest BCUT2D eigenvalue weighted by atomic mass is 16.2. The van der Waals surface area contributed by atoms with Crippen molar-refractivity contribution < 1.29 is 9.59 Å². The monoisotopic (exact) mass is 238 g/mol. The highest BCUT2D eigenvalue weighted by Gasteiger charge is 2.17. The van der Waals surface area contributed by atoms with Gasteiger partial charge in [-0.25, -0.2) is 0 Å². The zero-order valence-corrected chi connectivity index (χ0v) is 11.0. The van der Waals surface area contributed by atoms with Gasteiger partial charge in [-0.05, 0) is 25.0 Å². The van der Waals surface area contributed by atoms with Gasteiger partial charge in [-0.1, -0.05) is 20.1 Å². The highest BCUT2D eigenvalue weighted by molar-refractivity contribution is 5.87. The number of rotatable bonds is 7. The first-order chi connectivity index (χ1) is 7.97. The number of nitrogens with zero attached hydrogens (tertiary/aromatic N) is 2. The largest absolute Gasteiger partial charge is 0.342 e. The van der Waals surface area contributed by atoms with Gasteiger partial charge in [0.25, 0.3) is 0 Å². The second-order valence-electron chi connectivity index (χ2n) is 3.97. The second-order valence-corrected chi connectivity index (χ2v) is 3.97. The summed E-state index contributed by atoms with van der Waals surface area (Å²) in [6.07, 6.45) is 4.20. The van der Waals surface area contributed by atoms with Crippen molar-refractivity contribution in [3.05, 3.63) is 25.3 Å². The molecule has 4 nitrogen and oxygen atoms in total. The number of likely N-dealkylation sites (N-methyl/N-ethyl adjacent to an activating group) is 2. The molecule has 0 fully saturated rings. The lowest BCUT2D eigenvalue weighted by atomic mass is 10.1. The molecular formula is C13H22N2O2. The minimum absolute atomic E-state index is 0.0884. The van der Waals surface area contributed by atoms with E-state index in [1.165, 1.54) is 12.2 Å². The molecule has 0 aromatic rings. The van der Waals surface area contributed by atoms with E-state index in [1.54, 1.807) is 23.9 Å². The summed E-state index contributed by atoms with van der Waals surface area (Å²) in [6, 6.07) is 0.126. The fourth-order valence-corrected chi connectivity index (χ4v) is 1.60. The van der Waals surface area contributed by atoms with Crippen LogP contribution in [0, 0.1) is 0 Å². The number of hydrogen-bond donors (Lipinski definition) is 0. The van der Waals surface area contributed by atoms with Crippen LogP contribution in [-0.4, -0.2) is 48.3 Å². The minimum Gasteiger partial charge on any atom is -0.342 e. The van der Waals surface area contributed by atoms with Crippen LogP contribution >= 0.6 is 0 Å². The molecule has 0 heterocycles. The molecule has 0 rings (SSSR count). The maximum absolute atomic E-state index is 11.5. The molecule has 4 heteroatoms. The Balaban J connectivity index is 4.32. The predicted molar refractivity (Wildman–Crippen MR) is 69.5 cm³/mol. The standard InChI is InChI=1S/C13H22N2O2/c1-6-11(15(5)13(17)8-3)9-10-14(4)12(16)7-2/h7-8,11H,2-3,6,9-10H2,1,4-5H3. The summed E-state index contributed by atoms with van der Waals surface area (Å²) < 4.78 is 0. The number of amides is 2. The quantitative estimate of drug-likeness (QED) is 0.630. The van der Waals surface area contributed by atoms with Crippen LogP contribution in [0.2, 0.25) is 0 Å². The number of carbonyl (C=O) groups excluding carboxylic acids is 2. The Morgan fingerprint density at radius 2 is 1.71 bits per heavy atom. The van der Waals surface area contributed by atoms with Gasteiger partial charge in [0.15, 0.2) is 0 Å². The van der Waals surface area contributed by atoms with Crippen LogP contribution in [0.4, 0.5) is 0 Å². The van der Waals surface area contributed by atoms with E-state index in [0.29, 0.717) is 6.54 Å². The summed E-state index contributed by atoms with van der Waals surface area (Å²) in [4.78, 5) is 26.0. The van der Waals surface area contributed by atoms with Crippen LogP contribution in [0.15, 0.2) is 25.3 Å². The van der Waals surface area contributed by atoms with Gasteiger partial charge in [-0.3, -0.25) is 9.59 Å². The number of carbonyl (C=O) groups is 2. The molecule has 0 N–H and O–H groups in total. The number of hydrogen-bond acceptors (Lipinski definition) is 2. The van der Waals surface area contributed by atoms with E-state index in [9.17, 15) is 9.59 Å². The molecule has 0 saturated heterocycles. The summed E-state index contributed by atoms with van der Waals surface area (Å²) in [5.41, 5.74) is 0. The van der Waals surface area contributed by atoms with Crippen molar-refractivity contribution in [3.63, 3.8) is 0 Å². The van der Waals surface area contributed by atoms with Crippen molar-refractivity contribution in [3.8, 4) is 0 Å². The molecule has 0 saturated carbocycles. The molecular weight excluding hydrogens is 216 g/mol. The lowest BCUT2D eigenvalue weighted by molar-refractivity contribution is -0.127. The lowest BCUT2D eigenvalue weighted by Gasteiger charge is -2.28. The van der Waals surface area contributed by atoms with Gasteiger partial charge in [0, 0.05) is 26.7 Å². The van der Waals surface area contributed by atoms with Crippen LogP contribution in [0.1, 0.15) is 19.8 Å². The van der Waals surface area contributed by atoms with Crippen molar-refractivity contribution in [2.24, 2.45) is 0 Å². The lowest BCUT2D eigenvalue weighted by Crippen LogP contribution is -2.38. The third-order valence-corrected chi connectivity index (χ3v) is 2.89. The van der Waals surface area contributed by atoms with Gasteiger partial charge >= 0.3 is 0 Å². The molecule has 0 bridgehead atoms. The molecule has 17 heavy (non-hydrogen) atoms. The SMILES string of the molecule is C=CC(=O)N(C)CCC(CC)N(C)C(=O)C=C. The first kappa shape index (κ1) is 15.4. The Hall–Kier alpha value is -1.58. The fraction of sp³-hybridized carbons (Fsp3) is 0.538. The third kappa shape index (κ3) is 4.85. The van der Waals surface area contributed by atoms with Gasteiger partial charge < -0.3 is 9.80 Å². The fourth-order valence-electron chi connectivity index (χ4n) is 1.60. The molecule has 2 amide bonds. The van der Waals surface area contributed by atoms with Crippen LogP contribution in [0.25, 0.3) is 0 Å². The maximum Gasteiger partial charge on any atom is 0.245 e. The van der Waals surface area contributed by atoms with Gasteiger partial charge in [0.2, 0.25) is 11.8 Å². The van der Waals surface area contributed by atoms with Gasteiger partial charge in [0.05, 0.1) is 0 Å². The minimum atomic E-state index is -0.0995. The van der Waals surface area contributed by atoms with E-state index in [4.69, 9.17) is 0 Å². The van der Waals surface area contributed by atoms with Crippen molar-refractivity contribution in [2.75, 3.05) is 20.6 Å². The Morgan fingerprint density at radius 1 is 1.18 bits per heavy atom. The average molecular weight is 238 g/mol. The zero-order valence-electron chi connectivity index (χ0n) is 11.0. The normalized spacial score (nSPS) is 11.5. The Morgan fingerprint density at radius 3 is 2.12 bits per heavy atom. The topological polar surface area (TPSA) is 40.6 Å². The van der Waals surface area contributed by atoms with Crippen molar-refractivity contribution in [2.45, 2.75) is 25.8 Å². The second kappa shape index (κ2) is 7.65. The van der Waals surface area contributed by atoms with E-state index in [2.05, 4.69) is 13.2 Å². The van der Waals surface area contributed by atoms with E-state index in [1.807, 2.05) is 6.92 Å². The molecule has 0 aromatic carbocycles. The van der Waals surface area contributed by atoms with Gasteiger partial charge in [0.1, 0.15) is 0 Å². The zero-order chi connectivity index (χ0) is 13.4.